The molecule has 0 saturated heterocycles. The van der Waals surface area contributed by atoms with Gasteiger partial charge < -0.3 is 14.3 Å². The number of aliphatic hydroxyl groups excluding tert-OH is 1. The van der Waals surface area contributed by atoms with Crippen molar-refractivity contribution in [1.29, 1.82) is 0 Å². The summed E-state index contributed by atoms with van der Waals surface area (Å²) in [6.45, 7) is 5.99. The normalized spacial score (nSPS) is 18.2. The second-order valence-corrected chi connectivity index (χ2v) is 5.38. The minimum atomic E-state index is 0.182. The van der Waals surface area contributed by atoms with Crippen molar-refractivity contribution in [2.75, 3.05) is 7.11 Å². The summed E-state index contributed by atoms with van der Waals surface area (Å²) in [6.07, 6.45) is 9.47. The molecular weight excluding hydrogens is 264 g/mol. The van der Waals surface area contributed by atoms with E-state index in [0.717, 1.165) is 39.0 Å². The van der Waals surface area contributed by atoms with E-state index < -0.39 is 0 Å². The Morgan fingerprint density at radius 3 is 2.48 bits per heavy atom. The third kappa shape index (κ3) is 1.97. The molecule has 3 nitrogen and oxygen atoms in total. The maximum absolute atomic E-state index is 10.5. The summed E-state index contributed by atoms with van der Waals surface area (Å²) >= 11 is 0. The fraction of sp³-hybridized carbons (Fsp3) is 0.222. The van der Waals surface area contributed by atoms with Gasteiger partial charge in [-0.25, -0.2) is 0 Å². The van der Waals surface area contributed by atoms with E-state index >= 15 is 0 Å². The number of methoxy groups -OCH3 is 1. The molecule has 1 aromatic rings. The molecule has 3 heteroatoms. The Bertz CT molecular complexity index is 764. The fourth-order valence-electron chi connectivity index (χ4n) is 2.96. The van der Waals surface area contributed by atoms with E-state index in [9.17, 15) is 5.11 Å². The Kier molecular flexibility index (Phi) is 3.13. The van der Waals surface area contributed by atoms with Crippen molar-refractivity contribution in [3.05, 3.63) is 69.6 Å². The minimum absolute atomic E-state index is 0.182. The quantitative estimate of drug-likeness (QED) is 0.806. The number of hydrogen-bond acceptors (Lipinski definition) is 3. The van der Waals surface area contributed by atoms with Gasteiger partial charge in [0.05, 0.1) is 19.6 Å². The summed E-state index contributed by atoms with van der Waals surface area (Å²) in [4.78, 5) is 0. The highest BCUT2D eigenvalue weighted by Crippen LogP contribution is 2.42. The second kappa shape index (κ2) is 4.85. The van der Waals surface area contributed by atoms with E-state index in [-0.39, 0.29) is 5.76 Å². The van der Waals surface area contributed by atoms with E-state index in [4.69, 9.17) is 9.15 Å². The fourth-order valence-corrected chi connectivity index (χ4v) is 2.96. The van der Waals surface area contributed by atoms with Crippen LogP contribution in [0.3, 0.4) is 0 Å². The summed E-state index contributed by atoms with van der Waals surface area (Å²) in [5.74, 6) is 0.668. The summed E-state index contributed by atoms with van der Waals surface area (Å²) in [7, 11) is 1.57. The number of furan rings is 1. The molecule has 1 heterocycles. The molecule has 0 aliphatic heterocycles. The van der Waals surface area contributed by atoms with Crippen LogP contribution in [0, 0.1) is 0 Å². The lowest BCUT2D eigenvalue weighted by atomic mass is 9.88. The predicted molar refractivity (Wildman–Crippen MR) is 83.5 cm³/mol. The van der Waals surface area contributed by atoms with Crippen LogP contribution in [0.1, 0.15) is 31.9 Å². The van der Waals surface area contributed by atoms with Gasteiger partial charge in [-0.1, -0.05) is 12.2 Å². The number of hydrogen-bond donors (Lipinski definition) is 1. The predicted octanol–water partition coefficient (Wildman–Crippen LogP) is 4.77. The smallest absolute Gasteiger partial charge is 0.161 e. The molecule has 0 radical (unpaired) electrons. The van der Waals surface area contributed by atoms with Crippen molar-refractivity contribution >= 4 is 11.6 Å². The molecular formula is C18H18O3. The zero-order chi connectivity index (χ0) is 15.1. The van der Waals surface area contributed by atoms with E-state index in [2.05, 4.69) is 13.0 Å². The Morgan fingerprint density at radius 2 is 1.76 bits per heavy atom. The molecule has 2 aliphatic rings. The van der Waals surface area contributed by atoms with Gasteiger partial charge >= 0.3 is 0 Å². The van der Waals surface area contributed by atoms with Gasteiger partial charge in [0.1, 0.15) is 0 Å². The van der Waals surface area contributed by atoms with E-state index in [1.807, 2.05) is 26.0 Å². The third-order valence-corrected chi connectivity index (χ3v) is 4.04. The lowest BCUT2D eigenvalue weighted by molar-refractivity contribution is 0.254. The highest BCUT2D eigenvalue weighted by molar-refractivity contribution is 5.93. The van der Waals surface area contributed by atoms with E-state index in [1.54, 1.807) is 19.6 Å². The zero-order valence-corrected chi connectivity index (χ0v) is 12.7. The van der Waals surface area contributed by atoms with Gasteiger partial charge in [-0.15, -0.1) is 0 Å². The van der Waals surface area contributed by atoms with Crippen molar-refractivity contribution < 1.29 is 14.3 Å². The van der Waals surface area contributed by atoms with Crippen LogP contribution < -0.4 is 0 Å². The van der Waals surface area contributed by atoms with E-state index in [1.165, 1.54) is 0 Å². The van der Waals surface area contributed by atoms with Gasteiger partial charge in [0.15, 0.2) is 11.5 Å². The van der Waals surface area contributed by atoms with Gasteiger partial charge in [-0.05, 0) is 49.1 Å². The number of rotatable bonds is 1. The SMILES string of the molecule is COC1=CC(C)=C2C(=C(C)C=Cc3cocc32)C(C)=C1O. The maximum atomic E-state index is 10.5. The first-order valence-corrected chi connectivity index (χ1v) is 6.87. The maximum Gasteiger partial charge on any atom is 0.161 e. The van der Waals surface area contributed by atoms with Crippen molar-refractivity contribution in [2.24, 2.45) is 0 Å². The van der Waals surface area contributed by atoms with Crippen LogP contribution in [0.25, 0.3) is 11.6 Å². The summed E-state index contributed by atoms with van der Waals surface area (Å²) < 4.78 is 10.7. The molecule has 1 aromatic heterocycles. The van der Waals surface area contributed by atoms with Crippen LogP contribution in [0.5, 0.6) is 0 Å². The highest BCUT2D eigenvalue weighted by Gasteiger charge is 2.26. The summed E-state index contributed by atoms with van der Waals surface area (Å²) in [6, 6.07) is 0. The molecule has 0 aromatic carbocycles. The molecule has 0 saturated carbocycles. The van der Waals surface area contributed by atoms with Gasteiger partial charge in [0.25, 0.3) is 0 Å². The lowest BCUT2D eigenvalue weighted by Crippen LogP contribution is -1.99. The van der Waals surface area contributed by atoms with Gasteiger partial charge in [-0.3, -0.25) is 0 Å². The monoisotopic (exact) mass is 282 g/mol. The van der Waals surface area contributed by atoms with Crippen LogP contribution in [-0.4, -0.2) is 12.2 Å². The molecule has 0 spiro atoms. The van der Waals surface area contributed by atoms with Crippen molar-refractivity contribution in [3.63, 3.8) is 0 Å². The second-order valence-electron chi connectivity index (χ2n) is 5.38. The standard InChI is InChI=1S/C18H18O3/c1-10-5-6-13-8-21-9-14(13)17-11(2)7-15(20-4)18(19)12(3)16(10)17/h5-9,19H,1-4H3. The molecule has 0 unspecified atom stereocenters. The number of allylic oxidation sites excluding steroid dienone is 7. The van der Waals surface area contributed by atoms with Gasteiger partial charge in [-0.2, -0.15) is 0 Å². The van der Waals surface area contributed by atoms with Crippen molar-refractivity contribution in [1.82, 2.24) is 0 Å². The van der Waals surface area contributed by atoms with Crippen molar-refractivity contribution in [2.45, 2.75) is 20.8 Å². The first-order chi connectivity index (χ1) is 10.0. The third-order valence-electron chi connectivity index (χ3n) is 4.04. The summed E-state index contributed by atoms with van der Waals surface area (Å²) in [5, 5.41) is 10.5. The van der Waals surface area contributed by atoms with Crippen molar-refractivity contribution in [3.8, 4) is 0 Å². The molecule has 0 bridgehead atoms. The van der Waals surface area contributed by atoms with Crippen LogP contribution in [0.4, 0.5) is 0 Å². The largest absolute Gasteiger partial charge is 0.504 e. The molecule has 21 heavy (non-hydrogen) atoms. The van der Waals surface area contributed by atoms with E-state index in [0.29, 0.717) is 5.76 Å². The van der Waals surface area contributed by atoms with Crippen LogP contribution in [-0.2, 0) is 4.74 Å². The first-order valence-electron chi connectivity index (χ1n) is 6.87. The molecule has 0 fully saturated rings. The Labute approximate surface area is 124 Å². The summed E-state index contributed by atoms with van der Waals surface area (Å²) in [5.41, 5.74) is 7.15. The first kappa shape index (κ1) is 13.6. The Hall–Kier alpha value is -2.42. The number of fused-ring (bicyclic) bond motifs is 3. The number of ether oxygens (including phenoxy) is 1. The Balaban J connectivity index is 2.41. The topological polar surface area (TPSA) is 42.6 Å². The zero-order valence-electron chi connectivity index (χ0n) is 12.7. The highest BCUT2D eigenvalue weighted by atomic mass is 16.5. The minimum Gasteiger partial charge on any atom is -0.504 e. The lowest BCUT2D eigenvalue weighted by Gasteiger charge is -2.15. The molecule has 3 rings (SSSR count). The average molecular weight is 282 g/mol. The van der Waals surface area contributed by atoms with Gasteiger partial charge in [0, 0.05) is 16.7 Å². The molecule has 0 amide bonds. The number of aliphatic hydroxyl groups is 1. The molecule has 1 N–H and O–H groups in total. The van der Waals surface area contributed by atoms with Crippen LogP contribution >= 0.6 is 0 Å². The Morgan fingerprint density at radius 1 is 1.00 bits per heavy atom. The average Bonchev–Trinajstić information content (AvgIpc) is 2.85. The molecule has 108 valence electrons. The van der Waals surface area contributed by atoms with Crippen LogP contribution in [0.15, 0.2) is 62.9 Å². The van der Waals surface area contributed by atoms with Crippen LogP contribution in [0.2, 0.25) is 0 Å². The molecule has 2 aliphatic carbocycles. The van der Waals surface area contributed by atoms with Gasteiger partial charge in [0.2, 0.25) is 0 Å². The molecule has 0 atom stereocenters.